The Kier molecular flexibility index (Phi) is 5.57. The van der Waals surface area contributed by atoms with Crippen LogP contribution in [-0.4, -0.2) is 19.6 Å². The third-order valence-electron chi connectivity index (χ3n) is 5.75. The number of nitrogens with zero attached hydrogens (tertiary/aromatic N) is 3. The Morgan fingerprint density at radius 1 is 1.00 bits per heavy atom. The van der Waals surface area contributed by atoms with Crippen LogP contribution in [0, 0.1) is 6.92 Å². The summed E-state index contributed by atoms with van der Waals surface area (Å²) in [4.78, 5) is 39.5. The first-order valence-electron chi connectivity index (χ1n) is 10.5. The minimum absolute atomic E-state index is 0.210. The molecule has 4 rings (SSSR count). The number of benzene rings is 2. The van der Waals surface area contributed by atoms with Gasteiger partial charge in [0.05, 0.1) is 11.2 Å². The molecule has 7 heteroatoms. The maximum absolute atomic E-state index is 13.4. The number of amides is 1. The Labute approximate surface area is 185 Å². The van der Waals surface area contributed by atoms with E-state index < -0.39 is 11.2 Å². The molecule has 2 aromatic carbocycles. The fourth-order valence-electron chi connectivity index (χ4n) is 3.84. The molecule has 0 radical (unpaired) electrons. The van der Waals surface area contributed by atoms with Gasteiger partial charge in [0.1, 0.15) is 12.1 Å². The van der Waals surface area contributed by atoms with Crippen molar-refractivity contribution in [2.45, 2.75) is 33.2 Å². The van der Waals surface area contributed by atoms with Gasteiger partial charge in [0.15, 0.2) is 0 Å². The van der Waals surface area contributed by atoms with E-state index >= 15 is 0 Å². The third kappa shape index (κ3) is 3.77. The number of para-hydroxylation sites is 1. The third-order valence-corrected chi connectivity index (χ3v) is 5.75. The Bertz CT molecular complexity index is 1410. The van der Waals surface area contributed by atoms with E-state index in [-0.39, 0.29) is 12.5 Å². The van der Waals surface area contributed by atoms with Gasteiger partial charge in [-0.2, -0.15) is 0 Å². The summed E-state index contributed by atoms with van der Waals surface area (Å²) < 4.78 is 4.22. The molecule has 0 aliphatic carbocycles. The van der Waals surface area contributed by atoms with Crippen molar-refractivity contribution in [3.8, 4) is 5.69 Å². The molecule has 1 amide bonds. The number of aromatic nitrogens is 3. The smallest absolute Gasteiger partial charge is 0.336 e. The van der Waals surface area contributed by atoms with Gasteiger partial charge in [0, 0.05) is 18.4 Å². The van der Waals surface area contributed by atoms with Crippen LogP contribution in [0.15, 0.2) is 70.3 Å². The van der Waals surface area contributed by atoms with Crippen molar-refractivity contribution in [1.29, 1.82) is 0 Å². The number of rotatable bonds is 5. The van der Waals surface area contributed by atoms with Gasteiger partial charge >= 0.3 is 5.69 Å². The molecule has 2 aromatic heterocycles. The first-order chi connectivity index (χ1) is 15.3. The van der Waals surface area contributed by atoms with Gasteiger partial charge < -0.3 is 9.88 Å². The van der Waals surface area contributed by atoms with Gasteiger partial charge in [-0.25, -0.2) is 9.36 Å². The van der Waals surface area contributed by atoms with Crippen molar-refractivity contribution >= 4 is 22.6 Å². The summed E-state index contributed by atoms with van der Waals surface area (Å²) in [7, 11) is 1.78. The highest BCUT2D eigenvalue weighted by Crippen LogP contribution is 2.18. The number of hydrogen-bond donors (Lipinski definition) is 1. The lowest BCUT2D eigenvalue weighted by Gasteiger charge is -2.13. The fraction of sp³-hybridized carbons (Fsp3) is 0.240. The van der Waals surface area contributed by atoms with E-state index in [1.54, 1.807) is 41.9 Å². The second-order valence-corrected chi connectivity index (χ2v) is 8.25. The molecule has 0 spiro atoms. The van der Waals surface area contributed by atoms with Crippen molar-refractivity contribution < 1.29 is 4.79 Å². The molecular formula is C25H26N4O3. The van der Waals surface area contributed by atoms with Crippen molar-refractivity contribution in [3.63, 3.8) is 0 Å². The molecule has 4 aromatic rings. The number of hydrogen-bond acceptors (Lipinski definition) is 3. The maximum atomic E-state index is 13.4. The SMILES string of the molecule is Cc1cc2c(c(=O)n(-c3ccccc3)c(=O)n2CC(=O)Nc2ccc(C(C)C)cc2)n1C. The molecule has 0 fully saturated rings. The summed E-state index contributed by atoms with van der Waals surface area (Å²) in [5.41, 5.74) is 2.97. The van der Waals surface area contributed by atoms with Gasteiger partial charge in [0.2, 0.25) is 5.91 Å². The zero-order valence-electron chi connectivity index (χ0n) is 18.6. The van der Waals surface area contributed by atoms with E-state index in [1.165, 1.54) is 10.1 Å². The Morgan fingerprint density at radius 3 is 2.28 bits per heavy atom. The Balaban J connectivity index is 1.78. The number of carbonyl (C=O) groups excluding carboxylic acids is 1. The summed E-state index contributed by atoms with van der Waals surface area (Å²) in [6.45, 7) is 5.86. The van der Waals surface area contributed by atoms with Crippen LogP contribution in [0.5, 0.6) is 0 Å². The van der Waals surface area contributed by atoms with Crippen LogP contribution < -0.4 is 16.6 Å². The van der Waals surface area contributed by atoms with Crippen LogP contribution in [0.1, 0.15) is 31.0 Å². The highest BCUT2D eigenvalue weighted by molar-refractivity contribution is 5.91. The molecule has 0 atom stereocenters. The quantitative estimate of drug-likeness (QED) is 0.526. The van der Waals surface area contributed by atoms with E-state index in [0.717, 1.165) is 10.3 Å². The lowest BCUT2D eigenvalue weighted by Crippen LogP contribution is -2.41. The van der Waals surface area contributed by atoms with Gasteiger partial charge in [-0.05, 0) is 48.7 Å². The molecule has 2 heterocycles. The van der Waals surface area contributed by atoms with Crippen molar-refractivity contribution in [3.05, 3.63) is 92.8 Å². The van der Waals surface area contributed by atoms with Crippen LogP contribution in [-0.2, 0) is 18.4 Å². The Hall–Kier alpha value is -3.87. The van der Waals surface area contributed by atoms with Crippen molar-refractivity contribution in [1.82, 2.24) is 13.7 Å². The van der Waals surface area contributed by atoms with Crippen LogP contribution >= 0.6 is 0 Å². The number of fused-ring (bicyclic) bond motifs is 1. The Morgan fingerprint density at radius 2 is 1.66 bits per heavy atom. The van der Waals surface area contributed by atoms with Crippen molar-refractivity contribution in [2.24, 2.45) is 7.05 Å². The second-order valence-electron chi connectivity index (χ2n) is 8.25. The lowest BCUT2D eigenvalue weighted by molar-refractivity contribution is -0.116. The highest BCUT2D eigenvalue weighted by Gasteiger charge is 2.20. The second kappa shape index (κ2) is 8.34. The molecule has 0 saturated carbocycles. The zero-order valence-corrected chi connectivity index (χ0v) is 18.6. The molecular weight excluding hydrogens is 404 g/mol. The molecule has 32 heavy (non-hydrogen) atoms. The minimum atomic E-state index is -0.551. The van der Waals surface area contributed by atoms with Crippen molar-refractivity contribution in [2.75, 3.05) is 5.32 Å². The summed E-state index contributed by atoms with van der Waals surface area (Å²) >= 11 is 0. The van der Waals surface area contributed by atoms with Crippen LogP contribution in [0.25, 0.3) is 16.7 Å². The van der Waals surface area contributed by atoms with E-state index in [1.807, 2.05) is 37.3 Å². The average molecular weight is 431 g/mol. The molecule has 0 saturated heterocycles. The van der Waals surface area contributed by atoms with E-state index in [9.17, 15) is 14.4 Å². The van der Waals surface area contributed by atoms with Crippen LogP contribution in [0.2, 0.25) is 0 Å². The van der Waals surface area contributed by atoms with E-state index in [2.05, 4.69) is 19.2 Å². The molecule has 7 nitrogen and oxygen atoms in total. The average Bonchev–Trinajstić information content (AvgIpc) is 3.07. The molecule has 0 unspecified atom stereocenters. The summed E-state index contributed by atoms with van der Waals surface area (Å²) in [6.07, 6.45) is 0. The van der Waals surface area contributed by atoms with Gasteiger partial charge in [-0.1, -0.05) is 44.2 Å². The summed E-state index contributed by atoms with van der Waals surface area (Å²) in [5, 5.41) is 2.85. The summed E-state index contributed by atoms with van der Waals surface area (Å²) in [5.74, 6) is 0.0532. The van der Waals surface area contributed by atoms with Gasteiger partial charge in [0.25, 0.3) is 5.56 Å². The number of carbonyl (C=O) groups is 1. The molecule has 0 bridgehead atoms. The maximum Gasteiger partial charge on any atom is 0.336 e. The highest BCUT2D eigenvalue weighted by atomic mass is 16.2. The van der Waals surface area contributed by atoms with E-state index in [4.69, 9.17) is 0 Å². The molecule has 0 aliphatic heterocycles. The predicted molar refractivity (Wildman–Crippen MR) is 127 cm³/mol. The fourth-order valence-corrected chi connectivity index (χ4v) is 3.84. The first-order valence-corrected chi connectivity index (χ1v) is 10.5. The number of nitrogens with one attached hydrogen (secondary N) is 1. The van der Waals surface area contributed by atoms with Gasteiger partial charge in [-0.3, -0.25) is 14.2 Å². The largest absolute Gasteiger partial charge is 0.342 e. The number of aryl methyl sites for hydroxylation is 2. The van der Waals surface area contributed by atoms with E-state index in [0.29, 0.717) is 28.3 Å². The predicted octanol–water partition coefficient (Wildman–Crippen LogP) is 3.56. The normalized spacial score (nSPS) is 11.3. The minimum Gasteiger partial charge on any atom is -0.342 e. The molecule has 0 aliphatic rings. The molecule has 164 valence electrons. The standard InChI is InChI=1S/C25H26N4O3/c1-16(2)18-10-12-19(13-11-18)26-22(30)15-28-21-14-17(3)27(4)23(21)24(31)29(25(28)32)20-8-6-5-7-9-20/h5-14,16H,15H2,1-4H3,(H,26,30). The number of anilines is 1. The van der Waals surface area contributed by atoms with Crippen LogP contribution in [0.3, 0.4) is 0 Å². The summed E-state index contributed by atoms with van der Waals surface area (Å²) in [6, 6.07) is 18.2. The lowest BCUT2D eigenvalue weighted by atomic mass is 10.0. The first kappa shape index (κ1) is 21.4. The zero-order chi connectivity index (χ0) is 23.0. The van der Waals surface area contributed by atoms with Crippen LogP contribution in [0.4, 0.5) is 5.69 Å². The topological polar surface area (TPSA) is 78.0 Å². The van der Waals surface area contributed by atoms with Gasteiger partial charge in [-0.15, -0.1) is 0 Å². The molecule has 1 N–H and O–H groups in total. The monoisotopic (exact) mass is 430 g/mol.